The van der Waals surface area contributed by atoms with E-state index in [9.17, 15) is 0 Å². The van der Waals surface area contributed by atoms with E-state index in [1.54, 1.807) is 0 Å². The molecule has 0 N–H and O–H groups in total. The lowest BCUT2D eigenvalue weighted by Gasteiger charge is -2.17. The minimum absolute atomic E-state index is 0.908. The lowest BCUT2D eigenvalue weighted by atomic mass is 10.0. The van der Waals surface area contributed by atoms with Crippen LogP contribution in [0.5, 0.6) is 0 Å². The predicted octanol–water partition coefficient (Wildman–Crippen LogP) is 6.86. The van der Waals surface area contributed by atoms with E-state index in [0.717, 1.165) is 44.3 Å². The molecule has 2 heterocycles. The van der Waals surface area contributed by atoms with Crippen LogP contribution in [-0.2, 0) is 0 Å². The van der Waals surface area contributed by atoms with E-state index in [-0.39, 0.29) is 0 Å². The van der Waals surface area contributed by atoms with Crippen molar-refractivity contribution in [1.82, 2.24) is 4.98 Å². The molecule has 0 radical (unpaired) electrons. The summed E-state index contributed by atoms with van der Waals surface area (Å²) in [4.78, 5) is 4.69. The molecule has 0 fully saturated rings. The van der Waals surface area contributed by atoms with E-state index in [2.05, 4.69) is 97.4 Å². The molecule has 142 valence electrons. The molecule has 0 spiro atoms. The zero-order valence-corrected chi connectivity index (χ0v) is 17.9. The summed E-state index contributed by atoms with van der Waals surface area (Å²) >= 11 is 0. The fraction of sp³-hybridized carbons (Fsp3) is 0.115. The fourth-order valence-electron chi connectivity index (χ4n) is 3.91. The summed E-state index contributed by atoms with van der Waals surface area (Å²) in [7, 11) is -1.42. The van der Waals surface area contributed by atoms with Crippen LogP contribution in [0.2, 0.25) is 19.6 Å². The van der Waals surface area contributed by atoms with Crippen LogP contribution in [0.4, 0.5) is 0 Å². The highest BCUT2D eigenvalue weighted by molar-refractivity contribution is 6.88. The van der Waals surface area contributed by atoms with Crippen LogP contribution in [0, 0.1) is 0 Å². The molecule has 0 unspecified atom stereocenters. The van der Waals surface area contributed by atoms with Crippen LogP contribution >= 0.6 is 0 Å². The third-order valence-electron chi connectivity index (χ3n) is 5.51. The minimum atomic E-state index is -1.42. The van der Waals surface area contributed by atoms with Gasteiger partial charge in [-0.05, 0) is 23.8 Å². The van der Waals surface area contributed by atoms with Crippen molar-refractivity contribution in [1.29, 1.82) is 0 Å². The summed E-state index contributed by atoms with van der Waals surface area (Å²) < 4.78 is 6.52. The highest BCUT2D eigenvalue weighted by atomic mass is 28.3. The van der Waals surface area contributed by atoms with E-state index in [1.165, 1.54) is 5.19 Å². The van der Waals surface area contributed by atoms with Gasteiger partial charge in [0.25, 0.3) is 0 Å². The number of furan rings is 1. The Morgan fingerprint density at radius 3 is 2.03 bits per heavy atom. The first-order chi connectivity index (χ1) is 14.0. The summed E-state index contributed by atoms with van der Waals surface area (Å²) in [6.07, 6.45) is 1.93. The van der Waals surface area contributed by atoms with Crippen molar-refractivity contribution in [3.8, 4) is 22.4 Å². The lowest BCUT2D eigenvalue weighted by molar-refractivity contribution is 0.671. The summed E-state index contributed by atoms with van der Waals surface area (Å²) in [5.41, 5.74) is 6.16. The van der Waals surface area contributed by atoms with Gasteiger partial charge in [-0.3, -0.25) is 4.98 Å². The summed E-state index contributed by atoms with van der Waals surface area (Å²) in [5.74, 6) is 0. The van der Waals surface area contributed by atoms with Gasteiger partial charge in [-0.15, -0.1) is 0 Å². The van der Waals surface area contributed by atoms with E-state index in [1.807, 2.05) is 12.3 Å². The van der Waals surface area contributed by atoms with Crippen LogP contribution in [0.1, 0.15) is 0 Å². The SMILES string of the molecule is C[Si](C)(C)c1ccnc(-c2cccc3c2oc2c(-c4ccccc4)cccc23)c1. The average molecular weight is 394 g/mol. The van der Waals surface area contributed by atoms with Crippen LogP contribution in [0.3, 0.4) is 0 Å². The number of aromatic nitrogens is 1. The standard InChI is InChI=1S/C26H23NOSi/c1-29(2,3)19-15-16-27-24(17-19)23-14-8-13-22-21-12-7-11-20(25(21)28-26(22)23)18-9-5-4-6-10-18/h4-17H,1-3H3. The topological polar surface area (TPSA) is 26.0 Å². The Balaban J connectivity index is 1.78. The first-order valence-electron chi connectivity index (χ1n) is 9.99. The van der Waals surface area contributed by atoms with Crippen molar-refractivity contribution in [2.24, 2.45) is 0 Å². The van der Waals surface area contributed by atoms with E-state index in [0.29, 0.717) is 0 Å². The van der Waals surface area contributed by atoms with Crippen LogP contribution in [0.25, 0.3) is 44.3 Å². The number of benzene rings is 3. The summed E-state index contributed by atoms with van der Waals surface area (Å²) in [6.45, 7) is 7.08. The van der Waals surface area contributed by atoms with Gasteiger partial charge in [0, 0.05) is 28.1 Å². The Bertz CT molecular complexity index is 1330. The number of para-hydroxylation sites is 2. The van der Waals surface area contributed by atoms with Crippen LogP contribution in [-0.4, -0.2) is 13.1 Å². The first kappa shape index (κ1) is 17.9. The molecule has 0 bridgehead atoms. The van der Waals surface area contributed by atoms with Gasteiger partial charge in [-0.1, -0.05) is 85.5 Å². The number of hydrogen-bond acceptors (Lipinski definition) is 2. The second-order valence-electron chi connectivity index (χ2n) is 8.51. The second kappa shape index (κ2) is 6.71. The van der Waals surface area contributed by atoms with Crippen molar-refractivity contribution in [3.05, 3.63) is 85.1 Å². The Labute approximate surface area is 171 Å². The first-order valence-corrected chi connectivity index (χ1v) is 13.5. The molecule has 3 aromatic carbocycles. The van der Waals surface area contributed by atoms with E-state index >= 15 is 0 Å². The molecular weight excluding hydrogens is 370 g/mol. The Kier molecular flexibility index (Phi) is 4.14. The number of fused-ring (bicyclic) bond motifs is 3. The highest BCUT2D eigenvalue weighted by Gasteiger charge is 2.19. The molecule has 0 saturated heterocycles. The third kappa shape index (κ3) is 3.08. The van der Waals surface area contributed by atoms with Crippen molar-refractivity contribution in [3.63, 3.8) is 0 Å². The molecule has 0 amide bonds. The molecule has 0 aliphatic heterocycles. The normalized spacial score (nSPS) is 12.0. The molecule has 5 rings (SSSR count). The molecular formula is C26H23NOSi. The Morgan fingerprint density at radius 2 is 1.34 bits per heavy atom. The summed E-state index contributed by atoms with van der Waals surface area (Å²) in [5, 5.41) is 3.68. The third-order valence-corrected chi connectivity index (χ3v) is 7.55. The zero-order valence-electron chi connectivity index (χ0n) is 16.9. The molecule has 2 aromatic heterocycles. The predicted molar refractivity (Wildman–Crippen MR) is 125 cm³/mol. The zero-order chi connectivity index (χ0) is 20.0. The van der Waals surface area contributed by atoms with Crippen molar-refractivity contribution in [2.45, 2.75) is 19.6 Å². The highest BCUT2D eigenvalue weighted by Crippen LogP contribution is 2.39. The van der Waals surface area contributed by atoms with Crippen molar-refractivity contribution >= 4 is 35.2 Å². The van der Waals surface area contributed by atoms with Crippen molar-refractivity contribution in [2.75, 3.05) is 0 Å². The second-order valence-corrected chi connectivity index (χ2v) is 13.6. The lowest BCUT2D eigenvalue weighted by Crippen LogP contribution is -2.37. The molecule has 0 aliphatic rings. The Morgan fingerprint density at radius 1 is 0.690 bits per heavy atom. The van der Waals surface area contributed by atoms with Gasteiger partial charge in [-0.2, -0.15) is 0 Å². The molecule has 5 aromatic rings. The van der Waals surface area contributed by atoms with Crippen molar-refractivity contribution < 1.29 is 4.42 Å². The van der Waals surface area contributed by atoms with E-state index in [4.69, 9.17) is 4.42 Å². The minimum Gasteiger partial charge on any atom is -0.455 e. The fourth-order valence-corrected chi connectivity index (χ4v) is 5.06. The molecule has 2 nitrogen and oxygen atoms in total. The number of rotatable bonds is 3. The van der Waals surface area contributed by atoms with Crippen LogP contribution < -0.4 is 5.19 Å². The molecule has 0 saturated carbocycles. The maximum atomic E-state index is 6.52. The molecule has 0 aliphatic carbocycles. The maximum absolute atomic E-state index is 6.52. The van der Waals surface area contributed by atoms with Gasteiger partial charge in [0.2, 0.25) is 0 Å². The van der Waals surface area contributed by atoms with Gasteiger partial charge >= 0.3 is 0 Å². The molecule has 3 heteroatoms. The van der Waals surface area contributed by atoms with Gasteiger partial charge in [-0.25, -0.2) is 0 Å². The largest absolute Gasteiger partial charge is 0.455 e. The maximum Gasteiger partial charge on any atom is 0.144 e. The molecule has 0 atom stereocenters. The average Bonchev–Trinajstić information content (AvgIpc) is 3.13. The van der Waals surface area contributed by atoms with E-state index < -0.39 is 8.07 Å². The van der Waals surface area contributed by atoms with Gasteiger partial charge < -0.3 is 4.42 Å². The van der Waals surface area contributed by atoms with Gasteiger partial charge in [0.15, 0.2) is 0 Å². The van der Waals surface area contributed by atoms with Crippen LogP contribution in [0.15, 0.2) is 89.5 Å². The quantitative estimate of drug-likeness (QED) is 0.313. The Hall–Kier alpha value is -3.17. The molecule has 29 heavy (non-hydrogen) atoms. The number of nitrogens with zero attached hydrogens (tertiary/aromatic N) is 1. The monoisotopic (exact) mass is 393 g/mol. The number of hydrogen-bond donors (Lipinski definition) is 0. The summed E-state index contributed by atoms with van der Waals surface area (Å²) in [6, 6.07) is 27.6. The van der Waals surface area contributed by atoms with Gasteiger partial charge in [0.1, 0.15) is 11.2 Å². The van der Waals surface area contributed by atoms with Gasteiger partial charge in [0.05, 0.1) is 13.8 Å². The number of pyridine rings is 1. The smallest absolute Gasteiger partial charge is 0.144 e.